The van der Waals surface area contributed by atoms with E-state index in [4.69, 9.17) is 9.72 Å². The summed E-state index contributed by atoms with van der Waals surface area (Å²) in [5.41, 5.74) is 5.83. The molecule has 0 saturated carbocycles. The van der Waals surface area contributed by atoms with Crippen LogP contribution in [0.1, 0.15) is 18.2 Å². The zero-order chi connectivity index (χ0) is 18.8. The predicted molar refractivity (Wildman–Crippen MR) is 114 cm³/mol. The first-order valence-corrected chi connectivity index (χ1v) is 10.0. The average molecular weight is 378 g/mol. The average Bonchev–Trinajstić information content (AvgIpc) is 3.24. The second-order valence-electron chi connectivity index (χ2n) is 6.51. The molecule has 0 aliphatic rings. The quantitative estimate of drug-likeness (QED) is 0.474. The highest BCUT2D eigenvalue weighted by atomic mass is 32.1. The molecule has 2 aromatic heterocycles. The summed E-state index contributed by atoms with van der Waals surface area (Å²) < 4.78 is 7.93. The predicted octanol–water partition coefficient (Wildman–Crippen LogP) is 5.62. The number of benzene rings is 2. The van der Waals surface area contributed by atoms with Gasteiger partial charge in [-0.05, 0) is 37.6 Å². The van der Waals surface area contributed by atoms with Gasteiger partial charge in [0, 0.05) is 41.1 Å². The van der Waals surface area contributed by atoms with E-state index in [0.717, 1.165) is 23.1 Å². The first-order chi connectivity index (χ1) is 13.2. The second kappa shape index (κ2) is 7.45. The van der Waals surface area contributed by atoms with Crippen LogP contribution in [0.3, 0.4) is 0 Å². The Morgan fingerprint density at radius 3 is 2.74 bits per heavy atom. The standard InChI is InChI=1S/C22H23N3OS/c1-4-26-17-10-11-20-18(12-17)21(15(2)25(20)3)19-14-27-22(24-19)23-13-16-8-6-5-7-9-16/h5-12,14H,4,13H2,1-3H3,(H,23,24). The number of hydrogen-bond acceptors (Lipinski definition) is 4. The van der Waals surface area contributed by atoms with Gasteiger partial charge in [0.25, 0.3) is 0 Å². The molecule has 0 unspecified atom stereocenters. The minimum atomic E-state index is 0.664. The third-order valence-corrected chi connectivity index (χ3v) is 5.62. The van der Waals surface area contributed by atoms with Crippen LogP contribution in [-0.2, 0) is 13.6 Å². The normalized spacial score (nSPS) is 11.1. The summed E-state index contributed by atoms with van der Waals surface area (Å²) >= 11 is 1.64. The smallest absolute Gasteiger partial charge is 0.183 e. The van der Waals surface area contributed by atoms with Gasteiger partial charge in [0.1, 0.15) is 5.75 Å². The van der Waals surface area contributed by atoms with Crippen LogP contribution >= 0.6 is 11.3 Å². The number of ether oxygens (including phenoxy) is 1. The molecule has 0 spiro atoms. The largest absolute Gasteiger partial charge is 0.494 e. The molecular formula is C22H23N3OS. The van der Waals surface area contributed by atoms with Crippen LogP contribution in [0, 0.1) is 6.92 Å². The molecule has 138 valence electrons. The van der Waals surface area contributed by atoms with Gasteiger partial charge in [-0.15, -0.1) is 11.3 Å². The Hall–Kier alpha value is -2.79. The van der Waals surface area contributed by atoms with Crippen LogP contribution in [-0.4, -0.2) is 16.2 Å². The van der Waals surface area contributed by atoms with Gasteiger partial charge in [-0.2, -0.15) is 0 Å². The van der Waals surface area contributed by atoms with Gasteiger partial charge in [0.15, 0.2) is 5.13 Å². The van der Waals surface area contributed by atoms with Gasteiger partial charge >= 0.3 is 0 Å². The molecule has 0 bridgehead atoms. The molecule has 2 aromatic carbocycles. The highest BCUT2D eigenvalue weighted by Crippen LogP contribution is 2.37. The minimum Gasteiger partial charge on any atom is -0.494 e. The monoisotopic (exact) mass is 377 g/mol. The van der Waals surface area contributed by atoms with E-state index in [1.807, 2.05) is 19.1 Å². The van der Waals surface area contributed by atoms with Crippen LogP contribution in [0.25, 0.3) is 22.2 Å². The van der Waals surface area contributed by atoms with Crippen molar-refractivity contribution in [2.24, 2.45) is 7.05 Å². The molecular weight excluding hydrogens is 354 g/mol. The molecule has 2 heterocycles. The molecule has 0 fully saturated rings. The third kappa shape index (κ3) is 3.43. The van der Waals surface area contributed by atoms with Crippen molar-refractivity contribution in [1.82, 2.24) is 9.55 Å². The van der Waals surface area contributed by atoms with E-state index in [1.54, 1.807) is 11.3 Å². The highest BCUT2D eigenvalue weighted by Gasteiger charge is 2.17. The van der Waals surface area contributed by atoms with Crippen LogP contribution in [0.15, 0.2) is 53.9 Å². The van der Waals surface area contributed by atoms with Gasteiger partial charge in [-0.3, -0.25) is 0 Å². The van der Waals surface area contributed by atoms with Crippen molar-refractivity contribution in [2.45, 2.75) is 20.4 Å². The molecule has 4 aromatic rings. The van der Waals surface area contributed by atoms with Crippen molar-refractivity contribution >= 4 is 27.4 Å². The molecule has 0 aliphatic heterocycles. The van der Waals surface area contributed by atoms with Gasteiger partial charge in [0.2, 0.25) is 0 Å². The van der Waals surface area contributed by atoms with Gasteiger partial charge in [-0.1, -0.05) is 30.3 Å². The second-order valence-corrected chi connectivity index (χ2v) is 7.37. The van der Waals surface area contributed by atoms with E-state index in [2.05, 4.69) is 65.6 Å². The van der Waals surface area contributed by atoms with E-state index >= 15 is 0 Å². The molecule has 4 rings (SSSR count). The molecule has 0 amide bonds. The van der Waals surface area contributed by atoms with Crippen molar-refractivity contribution in [2.75, 3.05) is 11.9 Å². The van der Waals surface area contributed by atoms with Crippen molar-refractivity contribution < 1.29 is 4.74 Å². The summed E-state index contributed by atoms with van der Waals surface area (Å²) in [7, 11) is 2.10. The fourth-order valence-electron chi connectivity index (χ4n) is 3.37. The number of hydrogen-bond donors (Lipinski definition) is 1. The fourth-order valence-corrected chi connectivity index (χ4v) is 4.07. The van der Waals surface area contributed by atoms with Crippen LogP contribution in [0.2, 0.25) is 0 Å². The fraction of sp³-hybridized carbons (Fsp3) is 0.227. The Bertz CT molecular complexity index is 1070. The topological polar surface area (TPSA) is 39.1 Å². The molecule has 4 nitrogen and oxygen atoms in total. The van der Waals surface area contributed by atoms with E-state index in [1.165, 1.54) is 27.7 Å². The maximum Gasteiger partial charge on any atom is 0.183 e. The zero-order valence-corrected chi connectivity index (χ0v) is 16.6. The summed E-state index contributed by atoms with van der Waals surface area (Å²) in [4.78, 5) is 4.85. The van der Waals surface area contributed by atoms with Crippen LogP contribution in [0.4, 0.5) is 5.13 Å². The van der Waals surface area contributed by atoms with Crippen LogP contribution in [0.5, 0.6) is 5.75 Å². The van der Waals surface area contributed by atoms with Crippen molar-refractivity contribution in [3.8, 4) is 17.0 Å². The minimum absolute atomic E-state index is 0.664. The molecule has 5 heteroatoms. The van der Waals surface area contributed by atoms with Crippen molar-refractivity contribution in [3.05, 3.63) is 65.2 Å². The molecule has 1 N–H and O–H groups in total. The van der Waals surface area contributed by atoms with E-state index < -0.39 is 0 Å². The lowest BCUT2D eigenvalue weighted by Crippen LogP contribution is -1.98. The third-order valence-electron chi connectivity index (χ3n) is 4.82. The summed E-state index contributed by atoms with van der Waals surface area (Å²) in [5, 5.41) is 7.68. The lowest BCUT2D eigenvalue weighted by molar-refractivity contribution is 0.341. The summed E-state index contributed by atoms with van der Waals surface area (Å²) in [6.07, 6.45) is 0. The lowest BCUT2D eigenvalue weighted by atomic mass is 10.1. The Balaban J connectivity index is 1.67. The summed E-state index contributed by atoms with van der Waals surface area (Å²) in [6.45, 7) is 5.59. The molecule has 0 saturated heterocycles. The number of anilines is 1. The Kier molecular flexibility index (Phi) is 4.86. The van der Waals surface area contributed by atoms with E-state index in [-0.39, 0.29) is 0 Å². The first kappa shape index (κ1) is 17.6. The zero-order valence-electron chi connectivity index (χ0n) is 15.8. The number of rotatable bonds is 6. The van der Waals surface area contributed by atoms with Gasteiger partial charge in [-0.25, -0.2) is 4.98 Å². The van der Waals surface area contributed by atoms with Gasteiger partial charge in [0.05, 0.1) is 12.3 Å². The van der Waals surface area contributed by atoms with Crippen LogP contribution < -0.4 is 10.1 Å². The summed E-state index contributed by atoms with van der Waals surface area (Å²) in [6, 6.07) is 16.7. The Morgan fingerprint density at radius 1 is 1.15 bits per heavy atom. The van der Waals surface area contributed by atoms with Crippen molar-refractivity contribution in [1.29, 1.82) is 0 Å². The number of aromatic nitrogens is 2. The number of thiazole rings is 1. The maximum atomic E-state index is 5.71. The summed E-state index contributed by atoms with van der Waals surface area (Å²) in [5.74, 6) is 0.898. The Morgan fingerprint density at radius 2 is 1.96 bits per heavy atom. The number of nitrogens with one attached hydrogen (secondary N) is 1. The number of aryl methyl sites for hydroxylation is 1. The first-order valence-electron chi connectivity index (χ1n) is 9.13. The molecule has 0 aliphatic carbocycles. The Labute approximate surface area is 163 Å². The van der Waals surface area contributed by atoms with E-state index in [0.29, 0.717) is 6.61 Å². The van der Waals surface area contributed by atoms with Gasteiger partial charge < -0.3 is 14.6 Å². The number of fused-ring (bicyclic) bond motifs is 1. The van der Waals surface area contributed by atoms with E-state index in [9.17, 15) is 0 Å². The van der Waals surface area contributed by atoms with Crippen molar-refractivity contribution in [3.63, 3.8) is 0 Å². The molecule has 0 atom stereocenters. The SMILES string of the molecule is CCOc1ccc2c(c1)c(-c1csc(NCc3ccccc3)n1)c(C)n2C. The maximum absolute atomic E-state index is 5.71. The highest BCUT2D eigenvalue weighted by molar-refractivity contribution is 7.14. The molecule has 27 heavy (non-hydrogen) atoms. The lowest BCUT2D eigenvalue weighted by Gasteiger charge is -2.04. The number of nitrogens with zero attached hydrogens (tertiary/aromatic N) is 2. The molecule has 0 radical (unpaired) electrons.